The number of rotatable bonds is 5. The van der Waals surface area contributed by atoms with E-state index in [1.165, 1.54) is 4.68 Å². The molecule has 1 aliphatic rings. The molecule has 6 nitrogen and oxygen atoms in total. The van der Waals surface area contributed by atoms with Gasteiger partial charge < -0.3 is 10.2 Å². The molecule has 1 N–H and O–H groups in total. The minimum Gasteiger partial charge on any atom is -0.378 e. The number of fused-ring (bicyclic) bond motifs is 1. The molecular formula is C19H24N4O2. The monoisotopic (exact) mass is 340 g/mol. The van der Waals surface area contributed by atoms with E-state index in [1.54, 1.807) is 12.1 Å². The molecule has 0 spiro atoms. The van der Waals surface area contributed by atoms with Gasteiger partial charge in [-0.2, -0.15) is 5.10 Å². The van der Waals surface area contributed by atoms with Gasteiger partial charge >= 0.3 is 0 Å². The summed E-state index contributed by atoms with van der Waals surface area (Å²) in [6, 6.07) is 9.14. The van der Waals surface area contributed by atoms with E-state index in [1.807, 2.05) is 37.2 Å². The van der Waals surface area contributed by atoms with Crippen LogP contribution in [-0.2, 0) is 19.4 Å². The van der Waals surface area contributed by atoms with Gasteiger partial charge in [-0.1, -0.05) is 6.07 Å². The van der Waals surface area contributed by atoms with Crippen molar-refractivity contribution in [1.29, 1.82) is 0 Å². The number of carbonyl (C=O) groups excluding carboxylic acids is 1. The fraction of sp³-hybridized carbons (Fsp3) is 0.421. The molecular weight excluding hydrogens is 316 g/mol. The third kappa shape index (κ3) is 4.07. The minimum atomic E-state index is -0.144. The molecule has 0 fully saturated rings. The lowest BCUT2D eigenvalue weighted by molar-refractivity contribution is 0.0951. The Bertz CT molecular complexity index is 826. The van der Waals surface area contributed by atoms with Gasteiger partial charge in [-0.05, 0) is 49.4 Å². The van der Waals surface area contributed by atoms with Crippen molar-refractivity contribution in [3.8, 4) is 0 Å². The predicted molar refractivity (Wildman–Crippen MR) is 98.2 cm³/mol. The summed E-state index contributed by atoms with van der Waals surface area (Å²) in [5.74, 6) is -0.144. The topological polar surface area (TPSA) is 67.2 Å². The molecule has 0 atom stereocenters. The Morgan fingerprint density at radius 2 is 2.04 bits per heavy atom. The third-order valence-corrected chi connectivity index (χ3v) is 4.51. The summed E-state index contributed by atoms with van der Waals surface area (Å²) < 4.78 is 1.46. The number of amides is 1. The van der Waals surface area contributed by atoms with Crippen LogP contribution in [0.15, 0.2) is 35.1 Å². The van der Waals surface area contributed by atoms with E-state index in [0.29, 0.717) is 18.7 Å². The van der Waals surface area contributed by atoms with Crippen LogP contribution in [0, 0.1) is 0 Å². The van der Waals surface area contributed by atoms with Crippen LogP contribution in [0.2, 0.25) is 0 Å². The van der Waals surface area contributed by atoms with Crippen LogP contribution in [0.3, 0.4) is 0 Å². The van der Waals surface area contributed by atoms with Crippen molar-refractivity contribution < 1.29 is 4.79 Å². The van der Waals surface area contributed by atoms with Gasteiger partial charge in [-0.3, -0.25) is 9.59 Å². The van der Waals surface area contributed by atoms with Crippen molar-refractivity contribution in [1.82, 2.24) is 15.1 Å². The van der Waals surface area contributed by atoms with E-state index in [-0.39, 0.29) is 11.5 Å². The molecule has 2 aromatic rings. The number of aromatic nitrogens is 2. The molecule has 0 unspecified atom stereocenters. The van der Waals surface area contributed by atoms with Gasteiger partial charge in [0.1, 0.15) is 0 Å². The second-order valence-corrected chi connectivity index (χ2v) is 6.59. The number of hydrogen-bond acceptors (Lipinski definition) is 4. The van der Waals surface area contributed by atoms with E-state index < -0.39 is 0 Å². The highest BCUT2D eigenvalue weighted by molar-refractivity contribution is 5.95. The van der Waals surface area contributed by atoms with Gasteiger partial charge in [0.2, 0.25) is 0 Å². The number of aryl methyl sites for hydroxylation is 2. The van der Waals surface area contributed by atoms with Crippen LogP contribution in [0.25, 0.3) is 0 Å². The number of carbonyl (C=O) groups is 1. The molecule has 1 heterocycles. The lowest BCUT2D eigenvalue weighted by atomic mass is 9.97. The zero-order valence-electron chi connectivity index (χ0n) is 14.8. The lowest BCUT2D eigenvalue weighted by Gasteiger charge is -2.16. The molecule has 1 amide bonds. The van der Waals surface area contributed by atoms with Crippen LogP contribution in [0.5, 0.6) is 0 Å². The first-order valence-corrected chi connectivity index (χ1v) is 8.70. The van der Waals surface area contributed by atoms with Crippen LogP contribution < -0.4 is 15.8 Å². The first kappa shape index (κ1) is 17.2. The van der Waals surface area contributed by atoms with Crippen molar-refractivity contribution in [2.75, 3.05) is 25.5 Å². The van der Waals surface area contributed by atoms with Crippen LogP contribution in [0.1, 0.15) is 34.5 Å². The Hall–Kier alpha value is -2.63. The highest BCUT2D eigenvalue weighted by Crippen LogP contribution is 2.16. The molecule has 0 radical (unpaired) electrons. The van der Waals surface area contributed by atoms with Gasteiger partial charge in [-0.25, -0.2) is 4.68 Å². The van der Waals surface area contributed by atoms with Gasteiger partial charge in [0.05, 0.1) is 12.2 Å². The fourth-order valence-corrected chi connectivity index (χ4v) is 3.06. The number of benzene rings is 1. The largest absolute Gasteiger partial charge is 0.378 e. The van der Waals surface area contributed by atoms with Gasteiger partial charge in [0.25, 0.3) is 11.5 Å². The summed E-state index contributed by atoms with van der Waals surface area (Å²) in [4.78, 5) is 26.4. The highest BCUT2D eigenvalue weighted by Gasteiger charge is 2.13. The molecule has 0 saturated carbocycles. The van der Waals surface area contributed by atoms with Crippen LogP contribution >= 0.6 is 0 Å². The summed E-state index contributed by atoms with van der Waals surface area (Å²) in [5, 5.41) is 7.33. The van der Waals surface area contributed by atoms with Crippen molar-refractivity contribution in [2.24, 2.45) is 0 Å². The SMILES string of the molecule is CN(C)c1cccc(C(=O)NCCn2nc3c(cc2=O)CCCC3)c1. The zero-order chi connectivity index (χ0) is 17.8. The van der Waals surface area contributed by atoms with E-state index in [4.69, 9.17) is 0 Å². The Morgan fingerprint density at radius 1 is 1.24 bits per heavy atom. The number of anilines is 1. The van der Waals surface area contributed by atoms with Crippen molar-refractivity contribution in [3.63, 3.8) is 0 Å². The average molecular weight is 340 g/mol. The second-order valence-electron chi connectivity index (χ2n) is 6.59. The Kier molecular flexibility index (Phi) is 5.16. The average Bonchev–Trinajstić information content (AvgIpc) is 2.62. The molecule has 0 saturated heterocycles. The molecule has 25 heavy (non-hydrogen) atoms. The number of nitrogens with one attached hydrogen (secondary N) is 1. The molecule has 1 aliphatic carbocycles. The van der Waals surface area contributed by atoms with E-state index >= 15 is 0 Å². The summed E-state index contributed by atoms with van der Waals surface area (Å²) >= 11 is 0. The quantitative estimate of drug-likeness (QED) is 0.898. The molecule has 1 aromatic carbocycles. The summed E-state index contributed by atoms with van der Waals surface area (Å²) in [5.41, 5.74) is 3.59. The van der Waals surface area contributed by atoms with Gasteiger partial charge in [0.15, 0.2) is 0 Å². The highest BCUT2D eigenvalue weighted by atomic mass is 16.2. The number of nitrogens with zero attached hydrogens (tertiary/aromatic N) is 3. The minimum absolute atomic E-state index is 0.0931. The third-order valence-electron chi connectivity index (χ3n) is 4.51. The molecule has 1 aromatic heterocycles. The smallest absolute Gasteiger partial charge is 0.267 e. The molecule has 3 rings (SSSR count). The maximum Gasteiger partial charge on any atom is 0.267 e. The first-order valence-electron chi connectivity index (χ1n) is 8.70. The van der Waals surface area contributed by atoms with Crippen molar-refractivity contribution in [2.45, 2.75) is 32.2 Å². The van der Waals surface area contributed by atoms with Crippen LogP contribution in [-0.4, -0.2) is 36.3 Å². The predicted octanol–water partition coefficient (Wildman–Crippen LogP) is 1.62. The molecule has 132 valence electrons. The van der Waals surface area contributed by atoms with Gasteiger partial charge in [-0.15, -0.1) is 0 Å². The Balaban J connectivity index is 1.62. The van der Waals surface area contributed by atoms with E-state index in [0.717, 1.165) is 42.6 Å². The van der Waals surface area contributed by atoms with E-state index in [9.17, 15) is 9.59 Å². The zero-order valence-corrected chi connectivity index (χ0v) is 14.8. The fourth-order valence-electron chi connectivity index (χ4n) is 3.06. The Labute approximate surface area is 147 Å². The molecule has 0 aliphatic heterocycles. The maximum atomic E-state index is 12.3. The molecule has 0 bridgehead atoms. The van der Waals surface area contributed by atoms with Crippen molar-refractivity contribution in [3.05, 3.63) is 57.5 Å². The summed E-state index contributed by atoms with van der Waals surface area (Å²) in [7, 11) is 3.87. The van der Waals surface area contributed by atoms with Crippen LogP contribution in [0.4, 0.5) is 5.69 Å². The van der Waals surface area contributed by atoms with Crippen molar-refractivity contribution >= 4 is 11.6 Å². The first-order chi connectivity index (χ1) is 12.0. The maximum absolute atomic E-state index is 12.3. The normalized spacial score (nSPS) is 13.2. The van der Waals surface area contributed by atoms with E-state index in [2.05, 4.69) is 10.4 Å². The summed E-state index contributed by atoms with van der Waals surface area (Å²) in [6.45, 7) is 0.752. The second kappa shape index (κ2) is 7.51. The Morgan fingerprint density at radius 3 is 2.84 bits per heavy atom. The molecule has 6 heteroatoms. The lowest BCUT2D eigenvalue weighted by Crippen LogP contribution is -2.33. The van der Waals surface area contributed by atoms with Gasteiger partial charge in [0, 0.05) is 38.0 Å². The standard InChI is InChI=1S/C19H24N4O2/c1-22(2)16-8-5-7-15(12-16)19(25)20-10-11-23-18(24)13-14-6-3-4-9-17(14)21-23/h5,7-8,12-13H,3-4,6,9-11H2,1-2H3,(H,20,25). The summed E-state index contributed by atoms with van der Waals surface area (Å²) in [6.07, 6.45) is 4.12. The number of hydrogen-bond donors (Lipinski definition) is 1.